The van der Waals surface area contributed by atoms with Crippen LogP contribution in [-0.4, -0.2) is 4.92 Å². The molecule has 1 N–H and O–H groups in total. The Balaban J connectivity index is 2.29. The monoisotopic (exact) mass is 332 g/mol. The van der Waals surface area contributed by atoms with Gasteiger partial charge in [-0.15, -0.1) is 0 Å². The molecule has 2 aromatic carbocycles. The summed E-state index contributed by atoms with van der Waals surface area (Å²) in [6.45, 7) is 4.17. The Hall–Kier alpha value is -1.88. The fourth-order valence-electron chi connectivity index (χ4n) is 2.77. The number of fused-ring (bicyclic) bond motifs is 2. The van der Waals surface area contributed by atoms with Gasteiger partial charge >= 0.3 is 0 Å². The van der Waals surface area contributed by atoms with Crippen molar-refractivity contribution in [2.45, 2.75) is 19.3 Å². The molecule has 0 saturated heterocycles. The molecule has 0 aliphatic carbocycles. The van der Waals surface area contributed by atoms with Crippen LogP contribution < -0.4 is 5.32 Å². The first-order valence-corrected chi connectivity index (χ1v) is 7.05. The average molecular weight is 333 g/mol. The summed E-state index contributed by atoms with van der Waals surface area (Å²) in [6, 6.07) is 11.2. The van der Waals surface area contributed by atoms with Crippen molar-refractivity contribution < 1.29 is 4.92 Å². The maximum Gasteiger partial charge on any atom is 0.292 e. The predicted molar refractivity (Wildman–Crippen MR) is 82.6 cm³/mol. The van der Waals surface area contributed by atoms with Crippen LogP contribution in [0.2, 0.25) is 0 Å². The van der Waals surface area contributed by atoms with Crippen molar-refractivity contribution >= 4 is 33.0 Å². The van der Waals surface area contributed by atoms with Gasteiger partial charge in [-0.3, -0.25) is 10.1 Å². The quantitative estimate of drug-likeness (QED) is 0.606. The summed E-state index contributed by atoms with van der Waals surface area (Å²) in [5.41, 5.74) is 3.41. The predicted octanol–water partition coefficient (Wildman–Crippen LogP) is 4.74. The Labute approximate surface area is 125 Å². The minimum atomic E-state index is -0.342. The van der Waals surface area contributed by atoms with E-state index in [1.807, 2.05) is 18.2 Å². The minimum absolute atomic E-state index is 0.115. The van der Waals surface area contributed by atoms with E-state index < -0.39 is 0 Å². The number of nitro benzene ring substituents is 1. The van der Waals surface area contributed by atoms with E-state index in [1.165, 1.54) is 6.07 Å². The Kier molecular flexibility index (Phi) is 2.83. The standard InChI is InChI=1S/C15H13BrN2O2/c1-15(2)10-4-3-5-13(18(19)20)14(10)17-12-7-6-9(16)8-11(12)15/h3-8,17H,1-2H3. The van der Waals surface area contributed by atoms with E-state index in [1.54, 1.807) is 6.07 Å². The number of anilines is 2. The van der Waals surface area contributed by atoms with E-state index in [0.717, 1.165) is 21.3 Å². The lowest BCUT2D eigenvalue weighted by atomic mass is 9.74. The highest BCUT2D eigenvalue weighted by Gasteiger charge is 2.36. The third-order valence-electron chi connectivity index (χ3n) is 3.83. The van der Waals surface area contributed by atoms with Gasteiger partial charge in [0.05, 0.1) is 4.92 Å². The van der Waals surface area contributed by atoms with Crippen LogP contribution in [-0.2, 0) is 5.41 Å². The Bertz CT molecular complexity index is 726. The third-order valence-corrected chi connectivity index (χ3v) is 4.32. The van der Waals surface area contributed by atoms with E-state index in [9.17, 15) is 10.1 Å². The van der Waals surface area contributed by atoms with Gasteiger partial charge in [0.1, 0.15) is 5.69 Å². The zero-order valence-electron chi connectivity index (χ0n) is 11.1. The molecule has 20 heavy (non-hydrogen) atoms. The first kappa shape index (κ1) is 13.1. The SMILES string of the molecule is CC1(C)c2cc(Br)ccc2Nc2c([N+](=O)[O-])cccc21. The van der Waals surface area contributed by atoms with Crippen LogP contribution in [0.5, 0.6) is 0 Å². The molecule has 1 aliphatic rings. The van der Waals surface area contributed by atoms with E-state index >= 15 is 0 Å². The molecule has 3 rings (SSSR count). The van der Waals surface area contributed by atoms with Crippen LogP contribution in [0, 0.1) is 10.1 Å². The fourth-order valence-corrected chi connectivity index (χ4v) is 3.13. The summed E-state index contributed by atoms with van der Waals surface area (Å²) in [5, 5.41) is 14.4. The lowest BCUT2D eigenvalue weighted by molar-refractivity contribution is -0.384. The van der Waals surface area contributed by atoms with Crippen molar-refractivity contribution in [1.29, 1.82) is 0 Å². The number of rotatable bonds is 1. The van der Waals surface area contributed by atoms with Gasteiger partial charge in [0.2, 0.25) is 0 Å². The van der Waals surface area contributed by atoms with E-state index in [4.69, 9.17) is 0 Å². The van der Waals surface area contributed by atoms with Crippen molar-refractivity contribution in [3.63, 3.8) is 0 Å². The first-order chi connectivity index (χ1) is 9.41. The lowest BCUT2D eigenvalue weighted by Gasteiger charge is -2.35. The maximum absolute atomic E-state index is 11.2. The molecule has 0 saturated carbocycles. The fraction of sp³-hybridized carbons (Fsp3) is 0.200. The Morgan fingerprint density at radius 1 is 1.20 bits per heavy atom. The molecule has 0 aromatic heterocycles. The molecule has 0 bridgehead atoms. The van der Waals surface area contributed by atoms with E-state index in [-0.39, 0.29) is 16.0 Å². The number of halogens is 1. The number of nitrogens with zero attached hydrogens (tertiary/aromatic N) is 1. The van der Waals surface area contributed by atoms with E-state index in [0.29, 0.717) is 5.69 Å². The molecule has 0 radical (unpaired) electrons. The zero-order chi connectivity index (χ0) is 14.5. The Morgan fingerprint density at radius 2 is 1.95 bits per heavy atom. The van der Waals surface area contributed by atoms with Gasteiger partial charge in [-0.25, -0.2) is 0 Å². The van der Waals surface area contributed by atoms with Gasteiger partial charge in [-0.2, -0.15) is 0 Å². The molecule has 1 heterocycles. The normalized spacial score (nSPS) is 14.9. The number of nitrogens with one attached hydrogen (secondary N) is 1. The second-order valence-electron chi connectivity index (χ2n) is 5.40. The van der Waals surface area contributed by atoms with Crippen molar-refractivity contribution in [3.8, 4) is 0 Å². The van der Waals surface area contributed by atoms with Crippen molar-refractivity contribution in [2.75, 3.05) is 5.32 Å². The molecule has 4 nitrogen and oxygen atoms in total. The summed E-state index contributed by atoms with van der Waals surface area (Å²) in [5.74, 6) is 0. The molecule has 0 amide bonds. The molecular formula is C15H13BrN2O2. The number of hydrogen-bond donors (Lipinski definition) is 1. The number of benzene rings is 2. The lowest BCUT2D eigenvalue weighted by Crippen LogP contribution is -2.26. The maximum atomic E-state index is 11.2. The topological polar surface area (TPSA) is 55.2 Å². The minimum Gasteiger partial charge on any atom is -0.349 e. The summed E-state index contributed by atoms with van der Waals surface area (Å²) < 4.78 is 1.00. The van der Waals surface area contributed by atoms with Gasteiger partial charge in [-0.05, 0) is 29.3 Å². The third kappa shape index (κ3) is 1.81. The smallest absolute Gasteiger partial charge is 0.292 e. The summed E-state index contributed by atoms with van der Waals surface area (Å²) in [6.07, 6.45) is 0. The van der Waals surface area contributed by atoms with Crippen LogP contribution in [0.4, 0.5) is 17.1 Å². The van der Waals surface area contributed by atoms with Crippen LogP contribution in [0.15, 0.2) is 40.9 Å². The average Bonchev–Trinajstić information content (AvgIpc) is 2.39. The second kappa shape index (κ2) is 4.31. The molecule has 1 aliphatic heterocycles. The number of para-hydroxylation sites is 1. The summed E-state index contributed by atoms with van der Waals surface area (Å²) >= 11 is 3.48. The highest BCUT2D eigenvalue weighted by molar-refractivity contribution is 9.10. The second-order valence-corrected chi connectivity index (χ2v) is 6.31. The first-order valence-electron chi connectivity index (χ1n) is 6.26. The highest BCUT2D eigenvalue weighted by atomic mass is 79.9. The van der Waals surface area contributed by atoms with Crippen molar-refractivity contribution in [1.82, 2.24) is 0 Å². The van der Waals surface area contributed by atoms with Gasteiger partial charge in [0.25, 0.3) is 5.69 Å². The summed E-state index contributed by atoms with van der Waals surface area (Å²) in [4.78, 5) is 10.9. The van der Waals surface area contributed by atoms with Crippen LogP contribution >= 0.6 is 15.9 Å². The Morgan fingerprint density at radius 3 is 2.65 bits per heavy atom. The van der Waals surface area contributed by atoms with Crippen molar-refractivity contribution in [2.24, 2.45) is 0 Å². The highest BCUT2D eigenvalue weighted by Crippen LogP contribution is 2.48. The number of nitro groups is 1. The molecule has 2 aromatic rings. The molecule has 0 atom stereocenters. The van der Waals surface area contributed by atoms with E-state index in [2.05, 4.69) is 41.2 Å². The zero-order valence-corrected chi connectivity index (χ0v) is 12.7. The molecule has 0 fully saturated rings. The van der Waals surface area contributed by atoms with Gasteiger partial charge in [0.15, 0.2) is 0 Å². The number of hydrogen-bond acceptors (Lipinski definition) is 3. The summed E-state index contributed by atoms with van der Waals surface area (Å²) in [7, 11) is 0. The van der Waals surface area contributed by atoms with Gasteiger partial charge < -0.3 is 5.32 Å². The van der Waals surface area contributed by atoms with Crippen LogP contribution in [0.1, 0.15) is 25.0 Å². The molecule has 5 heteroatoms. The molecule has 0 unspecified atom stereocenters. The molecule has 102 valence electrons. The van der Waals surface area contributed by atoms with Crippen LogP contribution in [0.25, 0.3) is 0 Å². The van der Waals surface area contributed by atoms with Gasteiger partial charge in [-0.1, -0.05) is 41.9 Å². The van der Waals surface area contributed by atoms with Crippen molar-refractivity contribution in [3.05, 3.63) is 62.1 Å². The van der Waals surface area contributed by atoms with Gasteiger partial charge in [0, 0.05) is 21.6 Å². The molecule has 0 spiro atoms. The van der Waals surface area contributed by atoms with Crippen LogP contribution in [0.3, 0.4) is 0 Å². The molecular weight excluding hydrogens is 320 g/mol. The largest absolute Gasteiger partial charge is 0.349 e.